The molecule has 0 aliphatic heterocycles. The lowest BCUT2D eigenvalue weighted by Gasteiger charge is -2.14. The molecule has 1 aromatic heterocycles. The molecule has 1 aliphatic rings. The minimum Gasteiger partial charge on any atom is -0.197 e. The first-order valence-electron chi connectivity index (χ1n) is 3.77. The van der Waals surface area contributed by atoms with Crippen molar-refractivity contribution in [2.75, 3.05) is 0 Å². The second-order valence-electron chi connectivity index (χ2n) is 2.95. The van der Waals surface area contributed by atoms with Gasteiger partial charge in [0.05, 0.1) is 11.4 Å². The molecule has 0 spiro atoms. The Kier molecular flexibility index (Phi) is 1.22. The Balaban J connectivity index is 2.41. The molecule has 0 radical (unpaired) electrons. The number of aromatic amines is 1. The van der Waals surface area contributed by atoms with E-state index < -0.39 is 0 Å². The topological polar surface area (TPSA) is 41.6 Å². The Labute approximate surface area is 59.8 Å². The van der Waals surface area contributed by atoms with Crippen molar-refractivity contribution >= 4 is 0 Å². The molecule has 0 bridgehead atoms. The zero-order valence-electron chi connectivity index (χ0n) is 6.09. The number of hydrogen-bond acceptors (Lipinski definition) is 2. The maximum absolute atomic E-state index is 4.10. The SMILES string of the molecule is CC1CCCc2n[nH]nc21. The number of rotatable bonds is 0. The molecule has 0 amide bonds. The Hall–Kier alpha value is -0.860. The van der Waals surface area contributed by atoms with Gasteiger partial charge in [-0.15, -0.1) is 0 Å². The minimum atomic E-state index is 0.613. The number of nitrogens with zero attached hydrogens (tertiary/aromatic N) is 2. The molecule has 3 heteroatoms. The number of nitrogens with one attached hydrogen (secondary N) is 1. The van der Waals surface area contributed by atoms with Crippen LogP contribution in [0.25, 0.3) is 0 Å². The number of aryl methyl sites for hydroxylation is 1. The first-order valence-corrected chi connectivity index (χ1v) is 3.77. The van der Waals surface area contributed by atoms with Gasteiger partial charge in [0.2, 0.25) is 0 Å². The van der Waals surface area contributed by atoms with E-state index in [1.165, 1.54) is 24.2 Å². The van der Waals surface area contributed by atoms with Crippen molar-refractivity contribution in [2.45, 2.75) is 32.1 Å². The van der Waals surface area contributed by atoms with Gasteiger partial charge in [0.15, 0.2) is 0 Å². The molecule has 1 aliphatic carbocycles. The number of fused-ring (bicyclic) bond motifs is 1. The van der Waals surface area contributed by atoms with E-state index in [1.54, 1.807) is 0 Å². The molecule has 1 heterocycles. The molecule has 1 atom stereocenters. The lowest BCUT2D eigenvalue weighted by atomic mass is 9.92. The van der Waals surface area contributed by atoms with Gasteiger partial charge in [0.25, 0.3) is 0 Å². The van der Waals surface area contributed by atoms with Gasteiger partial charge < -0.3 is 0 Å². The van der Waals surface area contributed by atoms with E-state index in [2.05, 4.69) is 22.3 Å². The van der Waals surface area contributed by atoms with Crippen LogP contribution in [0.3, 0.4) is 0 Å². The van der Waals surface area contributed by atoms with Crippen LogP contribution in [0.2, 0.25) is 0 Å². The minimum absolute atomic E-state index is 0.613. The lowest BCUT2D eigenvalue weighted by Crippen LogP contribution is -2.05. The number of hydrogen-bond donors (Lipinski definition) is 1. The Morgan fingerprint density at radius 2 is 2.40 bits per heavy atom. The summed E-state index contributed by atoms with van der Waals surface area (Å²) in [6, 6.07) is 0. The molecular weight excluding hydrogens is 126 g/mol. The van der Waals surface area contributed by atoms with Crippen LogP contribution >= 0.6 is 0 Å². The molecule has 3 nitrogen and oxygen atoms in total. The van der Waals surface area contributed by atoms with E-state index in [0.717, 1.165) is 6.42 Å². The van der Waals surface area contributed by atoms with Crippen molar-refractivity contribution in [2.24, 2.45) is 0 Å². The average Bonchev–Trinajstić information content (AvgIpc) is 2.36. The molecule has 2 rings (SSSR count). The standard InChI is InChI=1S/C7H11N3/c1-5-3-2-4-6-7(5)9-10-8-6/h5H,2-4H2,1H3,(H,8,9,10). The van der Waals surface area contributed by atoms with Crippen molar-refractivity contribution in [3.05, 3.63) is 11.4 Å². The molecule has 1 unspecified atom stereocenters. The summed E-state index contributed by atoms with van der Waals surface area (Å²) < 4.78 is 0. The summed E-state index contributed by atoms with van der Waals surface area (Å²) in [6.07, 6.45) is 3.64. The first kappa shape index (κ1) is 5.89. The van der Waals surface area contributed by atoms with E-state index in [4.69, 9.17) is 0 Å². The molecule has 0 saturated carbocycles. The fourth-order valence-corrected chi connectivity index (χ4v) is 1.55. The fraction of sp³-hybridized carbons (Fsp3) is 0.714. The number of H-pyrrole nitrogens is 1. The molecule has 1 aromatic rings. The average molecular weight is 137 g/mol. The predicted octanol–water partition coefficient (Wildman–Crippen LogP) is 1.24. The summed E-state index contributed by atoms with van der Waals surface area (Å²) in [7, 11) is 0. The van der Waals surface area contributed by atoms with Crippen LogP contribution in [0.15, 0.2) is 0 Å². The van der Waals surface area contributed by atoms with Gasteiger partial charge in [0, 0.05) is 5.92 Å². The summed E-state index contributed by atoms with van der Waals surface area (Å²) in [5.41, 5.74) is 2.37. The van der Waals surface area contributed by atoms with Crippen molar-refractivity contribution in [1.29, 1.82) is 0 Å². The van der Waals surface area contributed by atoms with E-state index in [0.29, 0.717) is 5.92 Å². The quantitative estimate of drug-likeness (QED) is 0.584. The summed E-state index contributed by atoms with van der Waals surface area (Å²) in [6.45, 7) is 2.21. The van der Waals surface area contributed by atoms with Crippen molar-refractivity contribution in [3.63, 3.8) is 0 Å². The van der Waals surface area contributed by atoms with Gasteiger partial charge >= 0.3 is 0 Å². The highest BCUT2D eigenvalue weighted by Crippen LogP contribution is 2.27. The molecule has 0 aromatic carbocycles. The molecule has 1 N–H and O–H groups in total. The van der Waals surface area contributed by atoms with Crippen molar-refractivity contribution in [3.8, 4) is 0 Å². The summed E-state index contributed by atoms with van der Waals surface area (Å²) >= 11 is 0. The normalized spacial score (nSPS) is 24.3. The largest absolute Gasteiger partial charge is 0.197 e. The van der Waals surface area contributed by atoms with Gasteiger partial charge in [-0.2, -0.15) is 15.4 Å². The van der Waals surface area contributed by atoms with Gasteiger partial charge in [-0.05, 0) is 19.3 Å². The van der Waals surface area contributed by atoms with Crippen molar-refractivity contribution < 1.29 is 0 Å². The van der Waals surface area contributed by atoms with E-state index in [1.807, 2.05) is 0 Å². The maximum Gasteiger partial charge on any atom is 0.0884 e. The van der Waals surface area contributed by atoms with Crippen LogP contribution in [-0.2, 0) is 6.42 Å². The molecule has 0 saturated heterocycles. The Bertz CT molecular complexity index is 229. The number of aromatic nitrogens is 3. The fourth-order valence-electron chi connectivity index (χ4n) is 1.55. The molecule has 54 valence electrons. The zero-order valence-corrected chi connectivity index (χ0v) is 6.09. The van der Waals surface area contributed by atoms with Crippen LogP contribution in [0.1, 0.15) is 37.1 Å². The lowest BCUT2D eigenvalue weighted by molar-refractivity contribution is 0.574. The van der Waals surface area contributed by atoms with Gasteiger partial charge in [-0.1, -0.05) is 6.92 Å². The van der Waals surface area contributed by atoms with Crippen LogP contribution in [0, 0.1) is 0 Å². The third kappa shape index (κ3) is 0.735. The smallest absolute Gasteiger partial charge is 0.0884 e. The highest BCUT2D eigenvalue weighted by molar-refractivity contribution is 5.16. The van der Waals surface area contributed by atoms with Crippen molar-refractivity contribution in [1.82, 2.24) is 15.4 Å². The second kappa shape index (κ2) is 2.08. The second-order valence-corrected chi connectivity index (χ2v) is 2.95. The Morgan fingerprint density at radius 1 is 1.50 bits per heavy atom. The molecule has 0 fully saturated rings. The zero-order chi connectivity index (χ0) is 6.97. The van der Waals surface area contributed by atoms with Crippen LogP contribution in [0.4, 0.5) is 0 Å². The van der Waals surface area contributed by atoms with Gasteiger partial charge in [0.1, 0.15) is 0 Å². The molecular formula is C7H11N3. The monoisotopic (exact) mass is 137 g/mol. The van der Waals surface area contributed by atoms with Gasteiger partial charge in [-0.3, -0.25) is 0 Å². The van der Waals surface area contributed by atoms with E-state index in [9.17, 15) is 0 Å². The predicted molar refractivity (Wildman–Crippen MR) is 37.7 cm³/mol. The highest BCUT2D eigenvalue weighted by Gasteiger charge is 2.19. The van der Waals surface area contributed by atoms with E-state index in [-0.39, 0.29) is 0 Å². The Morgan fingerprint density at radius 3 is 3.20 bits per heavy atom. The van der Waals surface area contributed by atoms with Gasteiger partial charge in [-0.25, -0.2) is 0 Å². The highest BCUT2D eigenvalue weighted by atomic mass is 15.3. The third-order valence-corrected chi connectivity index (χ3v) is 2.17. The third-order valence-electron chi connectivity index (χ3n) is 2.17. The van der Waals surface area contributed by atoms with Crippen LogP contribution in [0.5, 0.6) is 0 Å². The maximum atomic E-state index is 4.10. The van der Waals surface area contributed by atoms with Crippen LogP contribution < -0.4 is 0 Å². The first-order chi connectivity index (χ1) is 4.88. The summed E-state index contributed by atoms with van der Waals surface area (Å²) in [4.78, 5) is 0. The summed E-state index contributed by atoms with van der Waals surface area (Å²) in [5.74, 6) is 0.613. The van der Waals surface area contributed by atoms with E-state index >= 15 is 0 Å². The summed E-state index contributed by atoms with van der Waals surface area (Å²) in [5, 5.41) is 10.8. The van der Waals surface area contributed by atoms with Crippen LogP contribution in [-0.4, -0.2) is 15.4 Å². The molecule has 10 heavy (non-hydrogen) atoms.